The van der Waals surface area contributed by atoms with Crippen molar-refractivity contribution >= 4 is 5.82 Å². The molecule has 2 aromatic heterocycles. The van der Waals surface area contributed by atoms with Crippen LogP contribution in [-0.2, 0) is 13.1 Å². The fraction of sp³-hybridized carbons (Fsp3) is 0.250. The summed E-state index contributed by atoms with van der Waals surface area (Å²) in [5, 5.41) is 0. The number of hydrogen-bond donors (Lipinski definition) is 0. The van der Waals surface area contributed by atoms with Crippen molar-refractivity contribution in [2.24, 2.45) is 0 Å². The van der Waals surface area contributed by atoms with E-state index in [0.29, 0.717) is 0 Å². The number of benzene rings is 1. The van der Waals surface area contributed by atoms with Crippen LogP contribution in [0.1, 0.15) is 22.5 Å². The van der Waals surface area contributed by atoms with Crippen molar-refractivity contribution < 1.29 is 4.74 Å². The number of anilines is 1. The second-order valence-electron chi connectivity index (χ2n) is 6.30. The van der Waals surface area contributed by atoms with E-state index in [1.807, 2.05) is 31.3 Å². The highest BCUT2D eigenvalue weighted by atomic mass is 16.5. The van der Waals surface area contributed by atoms with E-state index in [1.165, 1.54) is 5.56 Å². The van der Waals surface area contributed by atoms with Gasteiger partial charge in [0.05, 0.1) is 25.0 Å². The number of nitrogens with zero attached hydrogens (tertiary/aromatic N) is 4. The molecule has 1 aliphatic rings. The van der Waals surface area contributed by atoms with Crippen LogP contribution >= 0.6 is 0 Å². The normalized spacial score (nSPS) is 13.0. The molecule has 1 aromatic carbocycles. The highest BCUT2D eigenvalue weighted by molar-refractivity contribution is 5.80. The first-order chi connectivity index (χ1) is 12.2. The van der Waals surface area contributed by atoms with Crippen molar-refractivity contribution in [1.82, 2.24) is 15.0 Å². The Morgan fingerprint density at radius 3 is 2.68 bits per heavy atom. The molecule has 0 amide bonds. The van der Waals surface area contributed by atoms with Gasteiger partial charge in [-0.15, -0.1) is 0 Å². The number of fused-ring (bicyclic) bond motifs is 1. The number of rotatable bonds is 3. The molecule has 0 atom stereocenters. The molecule has 0 saturated carbocycles. The minimum Gasteiger partial charge on any atom is -0.497 e. The molecule has 0 N–H and O–H groups in total. The Labute approximate surface area is 147 Å². The van der Waals surface area contributed by atoms with Gasteiger partial charge in [-0.3, -0.25) is 4.98 Å². The SMILES string of the molecule is COc1ccc(-c2c(C)ncnc2N2Cc3cccnc3C2)c(C)c1. The lowest BCUT2D eigenvalue weighted by Gasteiger charge is -2.22. The van der Waals surface area contributed by atoms with Gasteiger partial charge in [-0.2, -0.15) is 0 Å². The molecule has 0 radical (unpaired) electrons. The van der Waals surface area contributed by atoms with Crippen molar-refractivity contribution in [3.63, 3.8) is 0 Å². The molecule has 0 bridgehead atoms. The molecule has 0 spiro atoms. The smallest absolute Gasteiger partial charge is 0.140 e. The summed E-state index contributed by atoms with van der Waals surface area (Å²) in [4.78, 5) is 15.8. The predicted octanol–water partition coefficient (Wildman–Crippen LogP) is 3.68. The van der Waals surface area contributed by atoms with Crippen LogP contribution in [0.25, 0.3) is 11.1 Å². The molecule has 25 heavy (non-hydrogen) atoms. The van der Waals surface area contributed by atoms with E-state index in [9.17, 15) is 0 Å². The van der Waals surface area contributed by atoms with Crippen molar-refractivity contribution in [1.29, 1.82) is 0 Å². The molecule has 1 aliphatic heterocycles. The summed E-state index contributed by atoms with van der Waals surface area (Å²) < 4.78 is 5.34. The van der Waals surface area contributed by atoms with Crippen LogP contribution in [0.3, 0.4) is 0 Å². The molecule has 3 aromatic rings. The number of hydrogen-bond acceptors (Lipinski definition) is 5. The second-order valence-corrected chi connectivity index (χ2v) is 6.30. The highest BCUT2D eigenvalue weighted by Crippen LogP contribution is 2.37. The third-order valence-corrected chi connectivity index (χ3v) is 4.71. The lowest BCUT2D eigenvalue weighted by Crippen LogP contribution is -2.18. The van der Waals surface area contributed by atoms with Gasteiger partial charge in [-0.05, 0) is 48.7 Å². The molecule has 126 valence electrons. The van der Waals surface area contributed by atoms with E-state index in [4.69, 9.17) is 4.74 Å². The molecule has 0 unspecified atom stereocenters. The van der Waals surface area contributed by atoms with Crippen LogP contribution in [0.15, 0.2) is 42.9 Å². The van der Waals surface area contributed by atoms with E-state index < -0.39 is 0 Å². The molecule has 3 heterocycles. The monoisotopic (exact) mass is 332 g/mol. The minimum absolute atomic E-state index is 0.773. The van der Waals surface area contributed by atoms with Gasteiger partial charge in [0.25, 0.3) is 0 Å². The fourth-order valence-corrected chi connectivity index (χ4v) is 3.41. The van der Waals surface area contributed by atoms with Gasteiger partial charge in [0, 0.05) is 18.3 Å². The summed E-state index contributed by atoms with van der Waals surface area (Å²) in [6, 6.07) is 10.2. The van der Waals surface area contributed by atoms with E-state index >= 15 is 0 Å². The molecule has 5 nitrogen and oxygen atoms in total. The van der Waals surface area contributed by atoms with Gasteiger partial charge in [0.2, 0.25) is 0 Å². The van der Waals surface area contributed by atoms with Gasteiger partial charge < -0.3 is 9.64 Å². The average molecular weight is 332 g/mol. The van der Waals surface area contributed by atoms with Crippen molar-refractivity contribution in [2.45, 2.75) is 26.9 Å². The lowest BCUT2D eigenvalue weighted by molar-refractivity contribution is 0.414. The van der Waals surface area contributed by atoms with Gasteiger partial charge in [0.15, 0.2) is 0 Å². The zero-order valence-corrected chi connectivity index (χ0v) is 14.7. The summed E-state index contributed by atoms with van der Waals surface area (Å²) in [6.45, 7) is 5.72. The Hall–Kier alpha value is -2.95. The highest BCUT2D eigenvalue weighted by Gasteiger charge is 2.25. The number of pyridine rings is 1. The summed E-state index contributed by atoms with van der Waals surface area (Å²) in [5.41, 5.74) is 6.72. The number of aromatic nitrogens is 3. The van der Waals surface area contributed by atoms with Crippen LogP contribution in [0, 0.1) is 13.8 Å². The molecule has 4 rings (SSSR count). The summed E-state index contributed by atoms with van der Waals surface area (Å²) in [5.74, 6) is 1.81. The number of aryl methyl sites for hydroxylation is 2. The molecular weight excluding hydrogens is 312 g/mol. The summed E-state index contributed by atoms with van der Waals surface area (Å²) in [6.07, 6.45) is 3.49. The van der Waals surface area contributed by atoms with Gasteiger partial charge in [-0.1, -0.05) is 12.1 Å². The molecule has 5 heteroatoms. The third kappa shape index (κ3) is 2.71. The number of ether oxygens (including phenoxy) is 1. The van der Waals surface area contributed by atoms with E-state index in [1.54, 1.807) is 13.4 Å². The Balaban J connectivity index is 1.80. The van der Waals surface area contributed by atoms with Crippen LogP contribution in [0.2, 0.25) is 0 Å². The quantitative estimate of drug-likeness (QED) is 0.732. The maximum atomic E-state index is 5.34. The first-order valence-corrected chi connectivity index (χ1v) is 8.31. The van der Waals surface area contributed by atoms with E-state index in [-0.39, 0.29) is 0 Å². The van der Waals surface area contributed by atoms with Crippen LogP contribution < -0.4 is 9.64 Å². The summed E-state index contributed by atoms with van der Waals surface area (Å²) >= 11 is 0. The zero-order valence-electron chi connectivity index (χ0n) is 14.7. The minimum atomic E-state index is 0.773. The molecule has 0 aliphatic carbocycles. The maximum Gasteiger partial charge on any atom is 0.140 e. The van der Waals surface area contributed by atoms with E-state index in [0.717, 1.165) is 52.7 Å². The lowest BCUT2D eigenvalue weighted by atomic mass is 9.99. The second kappa shape index (κ2) is 6.16. The maximum absolute atomic E-state index is 5.34. The van der Waals surface area contributed by atoms with E-state index in [2.05, 4.69) is 38.9 Å². The number of methoxy groups -OCH3 is 1. The molecule has 0 saturated heterocycles. The predicted molar refractivity (Wildman–Crippen MR) is 97.6 cm³/mol. The largest absolute Gasteiger partial charge is 0.497 e. The third-order valence-electron chi connectivity index (χ3n) is 4.71. The first kappa shape index (κ1) is 15.6. The molecule has 0 fully saturated rings. The van der Waals surface area contributed by atoms with Crippen molar-refractivity contribution in [3.8, 4) is 16.9 Å². The fourth-order valence-electron chi connectivity index (χ4n) is 3.41. The molecular formula is C20H20N4O. The topological polar surface area (TPSA) is 51.1 Å². The Bertz CT molecular complexity index is 914. The van der Waals surface area contributed by atoms with Crippen molar-refractivity contribution in [3.05, 3.63) is 65.4 Å². The zero-order chi connectivity index (χ0) is 17.4. The van der Waals surface area contributed by atoms with Gasteiger partial charge in [-0.25, -0.2) is 9.97 Å². The summed E-state index contributed by atoms with van der Waals surface area (Å²) in [7, 11) is 1.69. The van der Waals surface area contributed by atoms with Crippen LogP contribution in [0.4, 0.5) is 5.82 Å². The average Bonchev–Trinajstić information content (AvgIpc) is 3.06. The first-order valence-electron chi connectivity index (χ1n) is 8.31. The van der Waals surface area contributed by atoms with Crippen LogP contribution in [0.5, 0.6) is 5.75 Å². The van der Waals surface area contributed by atoms with Crippen LogP contribution in [-0.4, -0.2) is 22.1 Å². The standard InChI is InChI=1S/C20H20N4O/c1-13-9-16(25-3)6-7-17(13)19-14(2)22-12-23-20(19)24-10-15-5-4-8-21-18(15)11-24/h4-9,12H,10-11H2,1-3H3. The van der Waals surface area contributed by atoms with Crippen molar-refractivity contribution in [2.75, 3.05) is 12.0 Å². The van der Waals surface area contributed by atoms with Gasteiger partial charge >= 0.3 is 0 Å². The Kier molecular flexibility index (Phi) is 3.84. The Morgan fingerprint density at radius 1 is 1.04 bits per heavy atom. The van der Waals surface area contributed by atoms with Gasteiger partial charge in [0.1, 0.15) is 17.9 Å². The Morgan fingerprint density at radius 2 is 1.92 bits per heavy atom.